The minimum atomic E-state index is -3.65. The summed E-state index contributed by atoms with van der Waals surface area (Å²) in [6.07, 6.45) is 0. The third kappa shape index (κ3) is 3.08. The van der Waals surface area contributed by atoms with Crippen LogP contribution >= 0.6 is 15.9 Å². The van der Waals surface area contributed by atoms with Crippen LogP contribution < -0.4 is 10.5 Å². The molecule has 0 spiro atoms. The summed E-state index contributed by atoms with van der Waals surface area (Å²) >= 11 is 3.27. The summed E-state index contributed by atoms with van der Waals surface area (Å²) in [5.74, 6) is 0. The largest absolute Gasteiger partial charge is 0.397 e. The number of nitrogen functional groups attached to an aromatic ring is 1. The average Bonchev–Trinajstić information content (AvgIpc) is 2.35. The molecule has 0 aromatic heterocycles. The van der Waals surface area contributed by atoms with E-state index in [1.54, 1.807) is 49.4 Å². The van der Waals surface area contributed by atoms with Gasteiger partial charge in [-0.3, -0.25) is 4.72 Å². The summed E-state index contributed by atoms with van der Waals surface area (Å²) in [7, 11) is -3.65. The lowest BCUT2D eigenvalue weighted by molar-refractivity contribution is 0.600. The Morgan fingerprint density at radius 3 is 2.53 bits per heavy atom. The zero-order valence-electron chi connectivity index (χ0n) is 10.2. The Hall–Kier alpha value is -1.53. The zero-order chi connectivity index (χ0) is 14.0. The van der Waals surface area contributed by atoms with Crippen molar-refractivity contribution in [3.63, 3.8) is 0 Å². The first kappa shape index (κ1) is 13.9. The highest BCUT2D eigenvalue weighted by Gasteiger charge is 2.18. The Labute approximate surface area is 120 Å². The van der Waals surface area contributed by atoms with Crippen LogP contribution in [0.4, 0.5) is 11.4 Å². The predicted molar refractivity (Wildman–Crippen MR) is 80.5 cm³/mol. The van der Waals surface area contributed by atoms with E-state index in [2.05, 4.69) is 20.7 Å². The van der Waals surface area contributed by atoms with Gasteiger partial charge in [0.1, 0.15) is 0 Å². The summed E-state index contributed by atoms with van der Waals surface area (Å²) in [5.41, 5.74) is 7.17. The predicted octanol–water partition coefficient (Wildman–Crippen LogP) is 3.14. The number of rotatable bonds is 3. The zero-order valence-corrected chi connectivity index (χ0v) is 12.6. The molecule has 0 aliphatic heterocycles. The van der Waals surface area contributed by atoms with Crippen LogP contribution in [-0.2, 0) is 10.0 Å². The monoisotopic (exact) mass is 340 g/mol. The van der Waals surface area contributed by atoms with E-state index in [1.807, 2.05) is 0 Å². The maximum absolute atomic E-state index is 12.3. The van der Waals surface area contributed by atoms with Crippen LogP contribution in [0.15, 0.2) is 51.8 Å². The van der Waals surface area contributed by atoms with E-state index < -0.39 is 10.0 Å². The normalized spacial score (nSPS) is 11.3. The molecule has 2 rings (SSSR count). The van der Waals surface area contributed by atoms with E-state index in [1.165, 1.54) is 0 Å². The van der Waals surface area contributed by atoms with Gasteiger partial charge in [0.25, 0.3) is 10.0 Å². The van der Waals surface area contributed by atoms with E-state index in [0.717, 1.165) is 0 Å². The molecule has 0 unspecified atom stereocenters. The van der Waals surface area contributed by atoms with Crippen molar-refractivity contribution in [2.24, 2.45) is 0 Å². The molecular formula is C13H13BrN2O2S. The first-order chi connectivity index (χ1) is 8.90. The lowest BCUT2D eigenvalue weighted by atomic mass is 10.2. The van der Waals surface area contributed by atoms with E-state index in [9.17, 15) is 8.42 Å². The number of sulfonamides is 1. The van der Waals surface area contributed by atoms with E-state index >= 15 is 0 Å². The van der Waals surface area contributed by atoms with Gasteiger partial charge in [-0.25, -0.2) is 8.42 Å². The number of para-hydroxylation sites is 2. The number of benzene rings is 2. The Morgan fingerprint density at radius 2 is 1.84 bits per heavy atom. The summed E-state index contributed by atoms with van der Waals surface area (Å²) in [4.78, 5) is 0.227. The highest BCUT2D eigenvalue weighted by Crippen LogP contribution is 2.25. The summed E-state index contributed by atoms with van der Waals surface area (Å²) in [6.45, 7) is 1.75. The Bertz CT molecular complexity index is 714. The molecule has 0 fully saturated rings. The smallest absolute Gasteiger partial charge is 0.262 e. The van der Waals surface area contributed by atoms with Crippen LogP contribution in [0.25, 0.3) is 0 Å². The van der Waals surface area contributed by atoms with Crippen molar-refractivity contribution < 1.29 is 8.42 Å². The van der Waals surface area contributed by atoms with Gasteiger partial charge in [-0.15, -0.1) is 0 Å². The number of hydrogen-bond donors (Lipinski definition) is 2. The summed E-state index contributed by atoms with van der Waals surface area (Å²) in [6, 6.07) is 11.8. The topological polar surface area (TPSA) is 72.2 Å². The molecule has 0 bridgehead atoms. The van der Waals surface area contributed by atoms with Crippen LogP contribution in [0, 0.1) is 6.92 Å². The minimum Gasteiger partial charge on any atom is -0.397 e. The molecule has 6 heteroatoms. The van der Waals surface area contributed by atoms with Gasteiger partial charge in [0, 0.05) is 4.47 Å². The van der Waals surface area contributed by atoms with Gasteiger partial charge in [-0.1, -0.05) is 34.1 Å². The molecule has 100 valence electrons. The molecule has 0 atom stereocenters. The van der Waals surface area contributed by atoms with Crippen LogP contribution in [0.5, 0.6) is 0 Å². The molecule has 0 aliphatic rings. The molecular weight excluding hydrogens is 328 g/mol. The van der Waals surface area contributed by atoms with Gasteiger partial charge in [0.2, 0.25) is 0 Å². The molecule has 0 saturated carbocycles. The summed E-state index contributed by atoms with van der Waals surface area (Å²) < 4.78 is 27.9. The number of nitrogens with two attached hydrogens (primary N) is 1. The fourth-order valence-electron chi connectivity index (χ4n) is 1.65. The average molecular weight is 341 g/mol. The van der Waals surface area contributed by atoms with Crippen LogP contribution in [0.2, 0.25) is 0 Å². The van der Waals surface area contributed by atoms with Crippen molar-refractivity contribution in [1.29, 1.82) is 0 Å². The molecule has 4 nitrogen and oxygen atoms in total. The molecule has 0 saturated heterocycles. The second kappa shape index (κ2) is 5.22. The van der Waals surface area contributed by atoms with Gasteiger partial charge in [0.05, 0.1) is 16.3 Å². The van der Waals surface area contributed by atoms with Crippen molar-refractivity contribution in [3.05, 3.63) is 52.5 Å². The highest BCUT2D eigenvalue weighted by atomic mass is 79.9. The van der Waals surface area contributed by atoms with Gasteiger partial charge in [-0.05, 0) is 36.8 Å². The van der Waals surface area contributed by atoms with Crippen LogP contribution in [-0.4, -0.2) is 8.42 Å². The van der Waals surface area contributed by atoms with E-state index in [4.69, 9.17) is 5.73 Å². The molecule has 0 amide bonds. The number of hydrogen-bond acceptors (Lipinski definition) is 3. The highest BCUT2D eigenvalue weighted by molar-refractivity contribution is 9.10. The number of anilines is 2. The summed E-state index contributed by atoms with van der Waals surface area (Å²) in [5, 5.41) is 0. The molecule has 0 radical (unpaired) electrons. The Balaban J connectivity index is 2.44. The second-order valence-corrected chi connectivity index (χ2v) is 6.67. The molecule has 0 aliphatic carbocycles. The molecule has 2 aromatic carbocycles. The first-order valence-corrected chi connectivity index (χ1v) is 7.81. The Kier molecular flexibility index (Phi) is 3.82. The molecule has 0 heterocycles. The second-order valence-electron chi connectivity index (χ2n) is 4.10. The van der Waals surface area contributed by atoms with E-state index in [-0.39, 0.29) is 4.90 Å². The number of halogens is 1. The molecule has 2 aromatic rings. The van der Waals surface area contributed by atoms with Crippen LogP contribution in [0.3, 0.4) is 0 Å². The first-order valence-electron chi connectivity index (χ1n) is 5.53. The fourth-order valence-corrected chi connectivity index (χ4v) is 3.53. The maximum atomic E-state index is 12.3. The third-order valence-electron chi connectivity index (χ3n) is 2.64. The van der Waals surface area contributed by atoms with Gasteiger partial charge < -0.3 is 5.73 Å². The quantitative estimate of drug-likeness (QED) is 0.843. The Morgan fingerprint density at radius 1 is 1.16 bits per heavy atom. The maximum Gasteiger partial charge on any atom is 0.262 e. The lowest BCUT2D eigenvalue weighted by Crippen LogP contribution is -2.15. The number of aryl methyl sites for hydroxylation is 1. The standard InChI is InChI=1S/C13H13BrN2O2S/c1-9-6-7-10(14)8-13(9)19(17,18)16-12-5-3-2-4-11(12)15/h2-8,16H,15H2,1H3. The van der Waals surface area contributed by atoms with Crippen molar-refractivity contribution in [2.45, 2.75) is 11.8 Å². The number of nitrogens with one attached hydrogen (secondary N) is 1. The van der Waals surface area contributed by atoms with E-state index in [0.29, 0.717) is 21.4 Å². The van der Waals surface area contributed by atoms with Gasteiger partial charge in [0.15, 0.2) is 0 Å². The van der Waals surface area contributed by atoms with Gasteiger partial charge in [-0.2, -0.15) is 0 Å². The fraction of sp³-hybridized carbons (Fsp3) is 0.0769. The minimum absolute atomic E-state index is 0.227. The lowest BCUT2D eigenvalue weighted by Gasteiger charge is -2.12. The van der Waals surface area contributed by atoms with Crippen molar-refractivity contribution >= 4 is 37.3 Å². The van der Waals surface area contributed by atoms with Crippen LogP contribution in [0.1, 0.15) is 5.56 Å². The van der Waals surface area contributed by atoms with Gasteiger partial charge >= 0.3 is 0 Å². The molecule has 19 heavy (non-hydrogen) atoms. The van der Waals surface area contributed by atoms with Crippen molar-refractivity contribution in [2.75, 3.05) is 10.5 Å². The third-order valence-corrected chi connectivity index (χ3v) is 4.65. The molecule has 3 N–H and O–H groups in total. The van der Waals surface area contributed by atoms with Crippen molar-refractivity contribution in [1.82, 2.24) is 0 Å². The SMILES string of the molecule is Cc1ccc(Br)cc1S(=O)(=O)Nc1ccccc1N. The van der Waals surface area contributed by atoms with Crippen molar-refractivity contribution in [3.8, 4) is 0 Å².